The highest BCUT2D eigenvalue weighted by Crippen LogP contribution is 2.37. The number of carbonyl (C=O) groups excluding carboxylic acids is 2. The molecule has 3 atom stereocenters. The van der Waals surface area contributed by atoms with Crippen molar-refractivity contribution >= 4 is 11.9 Å². The van der Waals surface area contributed by atoms with Crippen LogP contribution in [-0.4, -0.2) is 24.1 Å². The highest BCUT2D eigenvalue weighted by Gasteiger charge is 2.34. The second-order valence-corrected chi connectivity index (χ2v) is 9.69. The SMILES string of the molecule is CC1CCC(C(=O)OCCC2CC(C(=O)OC(C)(C)C)CCC2C)CC1. The summed E-state index contributed by atoms with van der Waals surface area (Å²) in [5, 5.41) is 0. The van der Waals surface area contributed by atoms with E-state index in [4.69, 9.17) is 9.47 Å². The fourth-order valence-electron chi connectivity index (χ4n) is 4.34. The molecule has 2 fully saturated rings. The van der Waals surface area contributed by atoms with E-state index in [9.17, 15) is 9.59 Å². The molecule has 0 heterocycles. The maximum atomic E-state index is 12.4. The molecule has 0 saturated heterocycles. The van der Waals surface area contributed by atoms with Crippen LogP contribution >= 0.6 is 0 Å². The predicted octanol–water partition coefficient (Wildman–Crippen LogP) is 5.14. The van der Waals surface area contributed by atoms with E-state index in [2.05, 4.69) is 13.8 Å². The molecule has 0 aliphatic heterocycles. The Bertz CT molecular complexity index is 471. The summed E-state index contributed by atoms with van der Waals surface area (Å²) in [5.41, 5.74) is -0.428. The molecule has 0 bridgehead atoms. The maximum Gasteiger partial charge on any atom is 0.309 e. The summed E-state index contributed by atoms with van der Waals surface area (Å²) in [6.07, 6.45) is 7.88. The average molecular weight is 367 g/mol. The molecule has 0 aromatic carbocycles. The lowest BCUT2D eigenvalue weighted by Crippen LogP contribution is -2.34. The monoisotopic (exact) mass is 366 g/mol. The molecular weight excluding hydrogens is 328 g/mol. The van der Waals surface area contributed by atoms with Gasteiger partial charge in [0, 0.05) is 0 Å². The van der Waals surface area contributed by atoms with Crippen molar-refractivity contribution in [2.75, 3.05) is 6.61 Å². The largest absolute Gasteiger partial charge is 0.465 e. The summed E-state index contributed by atoms with van der Waals surface area (Å²) in [6.45, 7) is 10.7. The third-order valence-electron chi connectivity index (χ3n) is 6.18. The van der Waals surface area contributed by atoms with E-state index in [-0.39, 0.29) is 23.8 Å². The molecule has 0 spiro atoms. The number of hydrogen-bond acceptors (Lipinski definition) is 4. The molecule has 0 aromatic heterocycles. The van der Waals surface area contributed by atoms with Crippen LogP contribution in [0.5, 0.6) is 0 Å². The van der Waals surface area contributed by atoms with Crippen LogP contribution in [0.25, 0.3) is 0 Å². The topological polar surface area (TPSA) is 52.6 Å². The molecule has 0 radical (unpaired) electrons. The first kappa shape index (κ1) is 21.2. The molecule has 0 N–H and O–H groups in total. The number of rotatable bonds is 5. The number of esters is 2. The summed E-state index contributed by atoms with van der Waals surface area (Å²) < 4.78 is 11.2. The molecule has 0 amide bonds. The van der Waals surface area contributed by atoms with Crippen LogP contribution in [0, 0.1) is 29.6 Å². The lowest BCUT2D eigenvalue weighted by Gasteiger charge is -2.34. The zero-order valence-corrected chi connectivity index (χ0v) is 17.4. The first-order valence-electron chi connectivity index (χ1n) is 10.5. The van der Waals surface area contributed by atoms with Gasteiger partial charge in [-0.05, 0) is 89.9 Å². The molecule has 2 aliphatic carbocycles. The Kier molecular flexibility index (Phi) is 7.54. The first-order chi connectivity index (χ1) is 12.2. The maximum absolute atomic E-state index is 12.4. The second-order valence-electron chi connectivity index (χ2n) is 9.69. The normalized spacial score (nSPS) is 32.7. The van der Waals surface area contributed by atoms with Crippen LogP contribution in [0.15, 0.2) is 0 Å². The molecule has 0 aromatic rings. The van der Waals surface area contributed by atoms with Crippen molar-refractivity contribution in [3.63, 3.8) is 0 Å². The molecule has 4 heteroatoms. The first-order valence-corrected chi connectivity index (χ1v) is 10.5. The van der Waals surface area contributed by atoms with Gasteiger partial charge in [0.2, 0.25) is 0 Å². The lowest BCUT2D eigenvalue weighted by molar-refractivity contribution is -0.162. The van der Waals surface area contributed by atoms with Gasteiger partial charge < -0.3 is 9.47 Å². The zero-order chi connectivity index (χ0) is 19.3. The van der Waals surface area contributed by atoms with Crippen LogP contribution in [0.2, 0.25) is 0 Å². The smallest absolute Gasteiger partial charge is 0.309 e. The fraction of sp³-hybridized carbons (Fsp3) is 0.909. The zero-order valence-electron chi connectivity index (χ0n) is 17.4. The molecule has 2 saturated carbocycles. The van der Waals surface area contributed by atoms with Crippen molar-refractivity contribution in [2.45, 2.75) is 91.6 Å². The van der Waals surface area contributed by atoms with E-state index >= 15 is 0 Å². The van der Waals surface area contributed by atoms with Gasteiger partial charge in [0.1, 0.15) is 5.60 Å². The van der Waals surface area contributed by atoms with Gasteiger partial charge in [0.25, 0.3) is 0 Å². The van der Waals surface area contributed by atoms with Gasteiger partial charge in [0.05, 0.1) is 18.4 Å². The van der Waals surface area contributed by atoms with Crippen LogP contribution < -0.4 is 0 Å². The van der Waals surface area contributed by atoms with E-state index in [1.54, 1.807) is 0 Å². The quantitative estimate of drug-likeness (QED) is 0.632. The van der Waals surface area contributed by atoms with Crippen molar-refractivity contribution in [3.05, 3.63) is 0 Å². The highest BCUT2D eigenvalue weighted by molar-refractivity contribution is 5.73. The molecule has 3 unspecified atom stereocenters. The van der Waals surface area contributed by atoms with Crippen molar-refractivity contribution < 1.29 is 19.1 Å². The van der Waals surface area contributed by atoms with Crippen molar-refractivity contribution in [3.8, 4) is 0 Å². The van der Waals surface area contributed by atoms with E-state index < -0.39 is 5.60 Å². The minimum Gasteiger partial charge on any atom is -0.465 e. The third kappa shape index (κ3) is 6.59. The number of ether oxygens (including phenoxy) is 2. The molecule has 4 nitrogen and oxygen atoms in total. The van der Waals surface area contributed by atoms with Crippen LogP contribution in [0.4, 0.5) is 0 Å². The Hall–Kier alpha value is -1.06. The average Bonchev–Trinajstić information content (AvgIpc) is 2.55. The standard InChI is InChI=1S/C22H38O4/c1-15-6-9-17(10-7-15)20(23)25-13-12-18-14-19(11-8-16(18)2)21(24)26-22(3,4)5/h15-19H,6-14H2,1-5H3. The Morgan fingerprint density at radius 3 is 2.12 bits per heavy atom. The Morgan fingerprint density at radius 1 is 0.885 bits per heavy atom. The van der Waals surface area contributed by atoms with Gasteiger partial charge in [-0.3, -0.25) is 9.59 Å². The van der Waals surface area contributed by atoms with Gasteiger partial charge in [-0.2, -0.15) is 0 Å². The molecule has 2 rings (SSSR count). The number of hydrogen-bond donors (Lipinski definition) is 0. The minimum absolute atomic E-state index is 0.00837. The van der Waals surface area contributed by atoms with E-state index in [1.165, 1.54) is 0 Å². The summed E-state index contributed by atoms with van der Waals surface area (Å²) >= 11 is 0. The van der Waals surface area contributed by atoms with Crippen molar-refractivity contribution in [2.24, 2.45) is 29.6 Å². The van der Waals surface area contributed by atoms with Crippen molar-refractivity contribution in [1.82, 2.24) is 0 Å². The Labute approximate surface area is 159 Å². The summed E-state index contributed by atoms with van der Waals surface area (Å²) in [6, 6.07) is 0. The summed E-state index contributed by atoms with van der Waals surface area (Å²) in [4.78, 5) is 24.6. The van der Waals surface area contributed by atoms with Crippen LogP contribution in [-0.2, 0) is 19.1 Å². The Morgan fingerprint density at radius 2 is 1.50 bits per heavy atom. The van der Waals surface area contributed by atoms with Gasteiger partial charge in [-0.15, -0.1) is 0 Å². The fourth-order valence-corrected chi connectivity index (χ4v) is 4.34. The van der Waals surface area contributed by atoms with E-state index in [0.29, 0.717) is 18.4 Å². The van der Waals surface area contributed by atoms with Gasteiger partial charge in [0.15, 0.2) is 0 Å². The highest BCUT2D eigenvalue weighted by atomic mass is 16.6. The van der Waals surface area contributed by atoms with Gasteiger partial charge in [-0.25, -0.2) is 0 Å². The molecule has 2 aliphatic rings. The third-order valence-corrected chi connectivity index (χ3v) is 6.18. The Balaban J connectivity index is 1.75. The number of carbonyl (C=O) groups is 2. The van der Waals surface area contributed by atoms with Crippen LogP contribution in [0.1, 0.15) is 86.0 Å². The molecule has 150 valence electrons. The van der Waals surface area contributed by atoms with Gasteiger partial charge in [-0.1, -0.05) is 13.8 Å². The minimum atomic E-state index is -0.428. The molecule has 26 heavy (non-hydrogen) atoms. The van der Waals surface area contributed by atoms with Gasteiger partial charge >= 0.3 is 11.9 Å². The molecular formula is C22H38O4. The second kappa shape index (κ2) is 9.23. The summed E-state index contributed by atoms with van der Waals surface area (Å²) in [7, 11) is 0. The van der Waals surface area contributed by atoms with Crippen LogP contribution in [0.3, 0.4) is 0 Å². The lowest BCUT2D eigenvalue weighted by atomic mass is 9.73. The van der Waals surface area contributed by atoms with E-state index in [1.807, 2.05) is 20.8 Å². The van der Waals surface area contributed by atoms with E-state index in [0.717, 1.165) is 57.3 Å². The summed E-state index contributed by atoms with van der Waals surface area (Å²) in [5.74, 6) is 1.76. The van der Waals surface area contributed by atoms with Crippen molar-refractivity contribution in [1.29, 1.82) is 0 Å². The predicted molar refractivity (Wildman–Crippen MR) is 103 cm³/mol.